The molecule has 1 aromatic rings. The van der Waals surface area contributed by atoms with Crippen LogP contribution in [0.15, 0.2) is 18.2 Å². The Labute approximate surface area is 107 Å². The standard InChI is InChI=1S/C14H20N2O2/c1-2-3-8-16(11-5-6-11)13-9-10(15)4-7-12(13)14(17)18/h4,7,9,11H,2-3,5-6,8,15H2,1H3,(H,17,18). The average Bonchev–Trinajstić information content (AvgIpc) is 3.13. The fraction of sp³-hybridized carbons (Fsp3) is 0.500. The van der Waals surface area contributed by atoms with Crippen molar-refractivity contribution >= 4 is 17.3 Å². The van der Waals surface area contributed by atoms with Crippen LogP contribution in [0.1, 0.15) is 43.0 Å². The number of carboxylic acid groups (broad SMARTS) is 1. The summed E-state index contributed by atoms with van der Waals surface area (Å²) in [4.78, 5) is 13.5. The molecule has 2 rings (SSSR count). The topological polar surface area (TPSA) is 66.6 Å². The molecule has 0 aromatic heterocycles. The molecule has 1 saturated carbocycles. The minimum atomic E-state index is -0.882. The van der Waals surface area contributed by atoms with Crippen LogP contribution in [-0.2, 0) is 0 Å². The van der Waals surface area contributed by atoms with Crippen LogP contribution in [0.2, 0.25) is 0 Å². The molecule has 0 spiro atoms. The number of hydrogen-bond acceptors (Lipinski definition) is 3. The van der Waals surface area contributed by atoms with E-state index >= 15 is 0 Å². The number of hydrogen-bond donors (Lipinski definition) is 2. The molecule has 3 N–H and O–H groups in total. The SMILES string of the molecule is CCCCN(c1cc(N)ccc1C(=O)O)C1CC1. The van der Waals surface area contributed by atoms with Crippen molar-refractivity contribution in [3.63, 3.8) is 0 Å². The van der Waals surface area contributed by atoms with Gasteiger partial charge in [0.2, 0.25) is 0 Å². The molecule has 1 fully saturated rings. The van der Waals surface area contributed by atoms with Gasteiger partial charge in [0.15, 0.2) is 0 Å². The largest absolute Gasteiger partial charge is 0.478 e. The van der Waals surface area contributed by atoms with E-state index in [9.17, 15) is 9.90 Å². The minimum Gasteiger partial charge on any atom is -0.478 e. The highest BCUT2D eigenvalue weighted by Crippen LogP contribution is 2.35. The third-order valence-electron chi connectivity index (χ3n) is 3.30. The first-order chi connectivity index (χ1) is 8.63. The van der Waals surface area contributed by atoms with Crippen molar-refractivity contribution in [2.75, 3.05) is 17.2 Å². The summed E-state index contributed by atoms with van der Waals surface area (Å²) in [6.45, 7) is 3.05. The van der Waals surface area contributed by atoms with Crippen molar-refractivity contribution in [1.82, 2.24) is 0 Å². The molecule has 4 nitrogen and oxygen atoms in total. The van der Waals surface area contributed by atoms with Crippen molar-refractivity contribution in [3.8, 4) is 0 Å². The molecule has 0 saturated heterocycles. The Balaban J connectivity index is 2.32. The first kappa shape index (κ1) is 12.7. The molecule has 1 aliphatic rings. The molecule has 0 aliphatic heterocycles. The van der Waals surface area contributed by atoms with E-state index in [1.807, 2.05) is 0 Å². The highest BCUT2D eigenvalue weighted by atomic mass is 16.4. The Kier molecular flexibility index (Phi) is 3.75. The summed E-state index contributed by atoms with van der Waals surface area (Å²) >= 11 is 0. The summed E-state index contributed by atoms with van der Waals surface area (Å²) in [5.41, 5.74) is 7.55. The molecule has 0 atom stereocenters. The quantitative estimate of drug-likeness (QED) is 0.760. The third kappa shape index (κ3) is 2.75. The first-order valence-corrected chi connectivity index (χ1v) is 6.53. The molecule has 98 valence electrons. The van der Waals surface area contributed by atoms with Gasteiger partial charge in [0.25, 0.3) is 0 Å². The van der Waals surface area contributed by atoms with Crippen LogP contribution in [-0.4, -0.2) is 23.7 Å². The van der Waals surface area contributed by atoms with Gasteiger partial charge in [0.1, 0.15) is 0 Å². The summed E-state index contributed by atoms with van der Waals surface area (Å²) in [7, 11) is 0. The molecule has 0 unspecified atom stereocenters. The number of unbranched alkanes of at least 4 members (excludes halogenated alkanes) is 1. The van der Waals surface area contributed by atoms with Gasteiger partial charge in [-0.05, 0) is 37.5 Å². The summed E-state index contributed by atoms with van der Waals surface area (Å²) in [5, 5.41) is 9.27. The second-order valence-electron chi connectivity index (χ2n) is 4.86. The number of nitrogens with zero attached hydrogens (tertiary/aromatic N) is 1. The van der Waals surface area contributed by atoms with Gasteiger partial charge in [-0.2, -0.15) is 0 Å². The van der Waals surface area contributed by atoms with Crippen molar-refractivity contribution < 1.29 is 9.90 Å². The smallest absolute Gasteiger partial charge is 0.337 e. The zero-order valence-electron chi connectivity index (χ0n) is 10.7. The van der Waals surface area contributed by atoms with Crippen molar-refractivity contribution in [2.24, 2.45) is 0 Å². The van der Waals surface area contributed by atoms with Gasteiger partial charge in [0, 0.05) is 18.3 Å². The number of aromatic carboxylic acids is 1. The van der Waals surface area contributed by atoms with Gasteiger partial charge in [-0.15, -0.1) is 0 Å². The third-order valence-corrected chi connectivity index (χ3v) is 3.30. The van der Waals surface area contributed by atoms with E-state index in [2.05, 4.69) is 11.8 Å². The van der Waals surface area contributed by atoms with Crippen LogP contribution in [0.5, 0.6) is 0 Å². The molecular weight excluding hydrogens is 228 g/mol. The van der Waals surface area contributed by atoms with Crippen molar-refractivity contribution in [2.45, 2.75) is 38.6 Å². The minimum absolute atomic E-state index is 0.354. The molecule has 0 heterocycles. The zero-order valence-corrected chi connectivity index (χ0v) is 10.7. The molecule has 0 bridgehead atoms. The van der Waals surface area contributed by atoms with Crippen LogP contribution < -0.4 is 10.6 Å². The maximum Gasteiger partial charge on any atom is 0.337 e. The summed E-state index contributed by atoms with van der Waals surface area (Å²) in [5.74, 6) is -0.882. The van der Waals surface area contributed by atoms with E-state index in [1.165, 1.54) is 0 Å². The van der Waals surface area contributed by atoms with E-state index in [0.717, 1.165) is 37.9 Å². The van der Waals surface area contributed by atoms with Gasteiger partial charge in [0.05, 0.1) is 11.3 Å². The van der Waals surface area contributed by atoms with Gasteiger partial charge in [-0.3, -0.25) is 0 Å². The molecule has 0 radical (unpaired) electrons. The molecule has 4 heteroatoms. The molecule has 0 amide bonds. The van der Waals surface area contributed by atoms with E-state index in [-0.39, 0.29) is 0 Å². The monoisotopic (exact) mass is 248 g/mol. The van der Waals surface area contributed by atoms with Gasteiger partial charge in [-0.1, -0.05) is 13.3 Å². The lowest BCUT2D eigenvalue weighted by Crippen LogP contribution is -2.28. The summed E-state index contributed by atoms with van der Waals surface area (Å²) in [6.07, 6.45) is 4.48. The highest BCUT2D eigenvalue weighted by Gasteiger charge is 2.31. The maximum atomic E-state index is 11.3. The average molecular weight is 248 g/mol. The van der Waals surface area contributed by atoms with Crippen molar-refractivity contribution in [1.29, 1.82) is 0 Å². The van der Waals surface area contributed by atoms with Crippen LogP contribution in [0.4, 0.5) is 11.4 Å². The van der Waals surface area contributed by atoms with Gasteiger partial charge < -0.3 is 15.7 Å². The summed E-state index contributed by atoms with van der Waals surface area (Å²) in [6, 6.07) is 5.54. The van der Waals surface area contributed by atoms with Crippen LogP contribution in [0, 0.1) is 0 Å². The Morgan fingerprint density at radius 1 is 1.50 bits per heavy atom. The van der Waals surface area contributed by atoms with Crippen LogP contribution >= 0.6 is 0 Å². The fourth-order valence-corrected chi connectivity index (χ4v) is 2.18. The Morgan fingerprint density at radius 2 is 2.22 bits per heavy atom. The fourth-order valence-electron chi connectivity index (χ4n) is 2.18. The number of nitrogen functional groups attached to an aromatic ring is 1. The number of nitrogens with two attached hydrogens (primary N) is 1. The van der Waals surface area contributed by atoms with Crippen LogP contribution in [0.3, 0.4) is 0 Å². The number of benzene rings is 1. The highest BCUT2D eigenvalue weighted by molar-refractivity contribution is 5.95. The maximum absolute atomic E-state index is 11.3. The second kappa shape index (κ2) is 5.29. The molecule has 1 aliphatic carbocycles. The normalized spacial score (nSPS) is 14.5. The van der Waals surface area contributed by atoms with E-state index in [1.54, 1.807) is 18.2 Å². The lowest BCUT2D eigenvalue weighted by Gasteiger charge is -2.26. The number of anilines is 2. The number of carbonyl (C=O) groups is 1. The predicted molar refractivity (Wildman–Crippen MR) is 73.1 cm³/mol. The predicted octanol–water partition coefficient (Wildman–Crippen LogP) is 2.74. The van der Waals surface area contributed by atoms with E-state index in [0.29, 0.717) is 17.3 Å². The Morgan fingerprint density at radius 3 is 2.78 bits per heavy atom. The van der Waals surface area contributed by atoms with E-state index < -0.39 is 5.97 Å². The van der Waals surface area contributed by atoms with E-state index in [4.69, 9.17) is 5.73 Å². The zero-order chi connectivity index (χ0) is 13.1. The molecule has 18 heavy (non-hydrogen) atoms. The second-order valence-corrected chi connectivity index (χ2v) is 4.86. The van der Waals surface area contributed by atoms with Gasteiger partial charge in [-0.25, -0.2) is 4.79 Å². The van der Waals surface area contributed by atoms with Crippen LogP contribution in [0.25, 0.3) is 0 Å². The lowest BCUT2D eigenvalue weighted by atomic mass is 10.1. The molecule has 1 aromatic carbocycles. The lowest BCUT2D eigenvalue weighted by molar-refractivity contribution is 0.0697. The number of rotatable bonds is 6. The van der Waals surface area contributed by atoms with Crippen molar-refractivity contribution in [3.05, 3.63) is 23.8 Å². The Hall–Kier alpha value is -1.71. The van der Waals surface area contributed by atoms with Gasteiger partial charge >= 0.3 is 5.97 Å². The number of carboxylic acids is 1. The Bertz CT molecular complexity index is 441. The molecular formula is C14H20N2O2. The first-order valence-electron chi connectivity index (χ1n) is 6.53. The summed E-state index contributed by atoms with van der Waals surface area (Å²) < 4.78 is 0.